The summed E-state index contributed by atoms with van der Waals surface area (Å²) < 4.78 is 38.5. The van der Waals surface area contributed by atoms with E-state index in [2.05, 4.69) is 5.16 Å². The third-order valence-corrected chi connectivity index (χ3v) is 3.53. The second-order valence-electron chi connectivity index (χ2n) is 4.64. The van der Waals surface area contributed by atoms with Gasteiger partial charge in [0.15, 0.2) is 5.84 Å². The number of rotatable bonds is 5. The van der Waals surface area contributed by atoms with Gasteiger partial charge in [0, 0.05) is 12.6 Å². The average Bonchev–Trinajstić information content (AvgIpc) is 2.81. The van der Waals surface area contributed by atoms with Crippen molar-refractivity contribution in [3.63, 3.8) is 0 Å². The van der Waals surface area contributed by atoms with Gasteiger partial charge in [0.1, 0.15) is 5.92 Å². The third kappa shape index (κ3) is 3.76. The van der Waals surface area contributed by atoms with Crippen LogP contribution in [0.1, 0.15) is 32.6 Å². The van der Waals surface area contributed by atoms with Crippen molar-refractivity contribution in [2.45, 2.75) is 44.8 Å². The summed E-state index contributed by atoms with van der Waals surface area (Å²) >= 11 is 0. The van der Waals surface area contributed by atoms with E-state index in [1.807, 2.05) is 6.92 Å². The fraction of sp³-hybridized carbons (Fsp3) is 0.909. The second kappa shape index (κ2) is 6.26. The Morgan fingerprint density at radius 2 is 2.00 bits per heavy atom. The van der Waals surface area contributed by atoms with Gasteiger partial charge in [-0.2, -0.15) is 13.2 Å². The normalized spacial score (nSPS) is 20.6. The largest absolute Gasteiger partial charge is 0.409 e. The van der Waals surface area contributed by atoms with E-state index in [1.54, 1.807) is 4.90 Å². The van der Waals surface area contributed by atoms with Crippen LogP contribution in [0.15, 0.2) is 5.16 Å². The summed E-state index contributed by atoms with van der Waals surface area (Å²) in [4.78, 5) is 1.78. The maximum atomic E-state index is 12.8. The highest BCUT2D eigenvalue weighted by Gasteiger charge is 2.44. The summed E-state index contributed by atoms with van der Waals surface area (Å²) in [6, 6.07) is 0.186. The molecule has 0 aliphatic heterocycles. The highest BCUT2D eigenvalue weighted by molar-refractivity contribution is 5.83. The van der Waals surface area contributed by atoms with Gasteiger partial charge in [0.05, 0.1) is 0 Å². The lowest BCUT2D eigenvalue weighted by molar-refractivity contribution is -0.161. The highest BCUT2D eigenvalue weighted by atomic mass is 19.4. The first-order valence-corrected chi connectivity index (χ1v) is 6.18. The standard InChI is InChI=1S/C11H20F3N3O/c1-2-17(8-5-3-4-6-8)7-9(10(15)16-18)11(12,13)14/h8-9,18H,2-7H2,1H3,(H2,15,16). The summed E-state index contributed by atoms with van der Waals surface area (Å²) in [5.41, 5.74) is 5.16. The molecule has 106 valence electrons. The van der Waals surface area contributed by atoms with Gasteiger partial charge in [-0.1, -0.05) is 24.9 Å². The van der Waals surface area contributed by atoms with Gasteiger partial charge in [-0.15, -0.1) is 0 Å². The van der Waals surface area contributed by atoms with E-state index in [-0.39, 0.29) is 12.6 Å². The van der Waals surface area contributed by atoms with Gasteiger partial charge in [-0.25, -0.2) is 0 Å². The van der Waals surface area contributed by atoms with E-state index >= 15 is 0 Å². The minimum absolute atomic E-state index is 0.186. The van der Waals surface area contributed by atoms with Crippen LogP contribution < -0.4 is 5.73 Å². The number of nitrogens with two attached hydrogens (primary N) is 1. The molecule has 0 heterocycles. The highest BCUT2D eigenvalue weighted by Crippen LogP contribution is 2.30. The molecule has 4 nitrogen and oxygen atoms in total. The van der Waals surface area contributed by atoms with Crippen LogP contribution in [0, 0.1) is 5.92 Å². The quantitative estimate of drug-likeness (QED) is 0.347. The lowest BCUT2D eigenvalue weighted by Crippen LogP contribution is -2.47. The van der Waals surface area contributed by atoms with Crippen molar-refractivity contribution < 1.29 is 18.4 Å². The summed E-state index contributed by atoms with van der Waals surface area (Å²) in [5, 5.41) is 11.0. The van der Waals surface area contributed by atoms with Crippen molar-refractivity contribution in [1.82, 2.24) is 4.90 Å². The Kier molecular flexibility index (Phi) is 5.25. The van der Waals surface area contributed by atoms with Crippen molar-refractivity contribution in [1.29, 1.82) is 0 Å². The summed E-state index contributed by atoms with van der Waals surface area (Å²) in [6.45, 7) is 2.13. The van der Waals surface area contributed by atoms with Crippen molar-refractivity contribution >= 4 is 5.84 Å². The molecular weight excluding hydrogens is 247 g/mol. The van der Waals surface area contributed by atoms with Gasteiger partial charge in [0.2, 0.25) is 0 Å². The first kappa shape index (κ1) is 15.1. The number of hydrogen-bond donors (Lipinski definition) is 2. The molecule has 1 fully saturated rings. The Bertz CT molecular complexity index is 288. The number of oxime groups is 1. The van der Waals surface area contributed by atoms with E-state index in [1.165, 1.54) is 0 Å². The lowest BCUT2D eigenvalue weighted by atomic mass is 10.1. The summed E-state index contributed by atoms with van der Waals surface area (Å²) in [5.74, 6) is -2.66. The zero-order valence-electron chi connectivity index (χ0n) is 10.5. The van der Waals surface area contributed by atoms with Crippen molar-refractivity contribution in [3.05, 3.63) is 0 Å². The molecule has 1 unspecified atom stereocenters. The van der Waals surface area contributed by atoms with Crippen LogP contribution in [0.5, 0.6) is 0 Å². The van der Waals surface area contributed by atoms with Crippen LogP contribution in [-0.4, -0.2) is 41.3 Å². The molecule has 1 atom stereocenters. The van der Waals surface area contributed by atoms with E-state index in [4.69, 9.17) is 10.9 Å². The third-order valence-electron chi connectivity index (χ3n) is 3.53. The second-order valence-corrected chi connectivity index (χ2v) is 4.64. The number of nitrogens with zero attached hydrogens (tertiary/aromatic N) is 2. The van der Waals surface area contributed by atoms with E-state index in [0.29, 0.717) is 6.54 Å². The van der Waals surface area contributed by atoms with Gasteiger partial charge in [-0.3, -0.25) is 4.90 Å². The Hall–Kier alpha value is -0.980. The van der Waals surface area contributed by atoms with Crippen LogP contribution in [0.25, 0.3) is 0 Å². The SMILES string of the molecule is CCN(CC(C(N)=NO)C(F)(F)F)C1CCCC1. The zero-order valence-corrected chi connectivity index (χ0v) is 10.5. The molecule has 0 amide bonds. The summed E-state index contributed by atoms with van der Waals surface area (Å²) in [7, 11) is 0. The molecule has 0 spiro atoms. The maximum Gasteiger partial charge on any atom is 0.400 e. The molecule has 1 aliphatic rings. The molecule has 0 radical (unpaired) electrons. The van der Waals surface area contributed by atoms with Crippen LogP contribution in [-0.2, 0) is 0 Å². The molecule has 1 rings (SSSR count). The Morgan fingerprint density at radius 3 is 2.39 bits per heavy atom. The van der Waals surface area contributed by atoms with Crippen molar-refractivity contribution in [3.8, 4) is 0 Å². The summed E-state index contributed by atoms with van der Waals surface area (Å²) in [6.07, 6.45) is -0.519. The molecule has 1 aliphatic carbocycles. The number of halogens is 3. The Labute approximate surface area is 105 Å². The van der Waals surface area contributed by atoms with Crippen LogP contribution in [0.3, 0.4) is 0 Å². The zero-order chi connectivity index (χ0) is 13.8. The molecule has 18 heavy (non-hydrogen) atoms. The monoisotopic (exact) mass is 267 g/mol. The molecule has 0 aromatic heterocycles. The average molecular weight is 267 g/mol. The van der Waals surface area contributed by atoms with Crippen LogP contribution in [0.2, 0.25) is 0 Å². The molecule has 7 heteroatoms. The molecule has 0 saturated heterocycles. The fourth-order valence-electron chi connectivity index (χ4n) is 2.47. The molecule has 0 aromatic carbocycles. The lowest BCUT2D eigenvalue weighted by Gasteiger charge is -2.31. The first-order chi connectivity index (χ1) is 8.40. The fourth-order valence-corrected chi connectivity index (χ4v) is 2.47. The van der Waals surface area contributed by atoms with Gasteiger partial charge < -0.3 is 10.9 Å². The minimum Gasteiger partial charge on any atom is -0.409 e. The predicted molar refractivity (Wildman–Crippen MR) is 62.5 cm³/mol. The van der Waals surface area contributed by atoms with Gasteiger partial charge in [0.25, 0.3) is 0 Å². The Balaban J connectivity index is 2.74. The van der Waals surface area contributed by atoms with E-state index in [9.17, 15) is 13.2 Å². The van der Waals surface area contributed by atoms with E-state index < -0.39 is 17.9 Å². The van der Waals surface area contributed by atoms with Gasteiger partial charge >= 0.3 is 6.18 Å². The molecule has 0 aromatic rings. The molecule has 0 bridgehead atoms. The van der Waals surface area contributed by atoms with Crippen molar-refractivity contribution in [2.24, 2.45) is 16.8 Å². The molecular formula is C11H20F3N3O. The minimum atomic E-state index is -4.48. The van der Waals surface area contributed by atoms with Crippen LogP contribution >= 0.6 is 0 Å². The van der Waals surface area contributed by atoms with Gasteiger partial charge in [-0.05, 0) is 19.4 Å². The number of alkyl halides is 3. The number of hydrogen-bond acceptors (Lipinski definition) is 3. The first-order valence-electron chi connectivity index (χ1n) is 6.18. The maximum absolute atomic E-state index is 12.8. The van der Waals surface area contributed by atoms with Crippen LogP contribution in [0.4, 0.5) is 13.2 Å². The smallest absolute Gasteiger partial charge is 0.400 e. The molecule has 1 saturated carbocycles. The predicted octanol–water partition coefficient (Wildman–Crippen LogP) is 2.18. The topological polar surface area (TPSA) is 61.8 Å². The number of amidine groups is 1. The molecule has 3 N–H and O–H groups in total. The van der Waals surface area contributed by atoms with E-state index in [0.717, 1.165) is 25.7 Å². The Morgan fingerprint density at radius 1 is 1.44 bits per heavy atom. The van der Waals surface area contributed by atoms with Crippen molar-refractivity contribution in [2.75, 3.05) is 13.1 Å².